The molecule has 4 heteroatoms. The number of aromatic nitrogens is 2. The zero-order valence-corrected chi connectivity index (χ0v) is 11.0. The summed E-state index contributed by atoms with van der Waals surface area (Å²) in [6, 6.07) is 0.537. The van der Waals surface area contributed by atoms with Gasteiger partial charge in [-0.25, -0.2) is 9.97 Å². The average molecular weight is 305 g/mol. The molecule has 0 aliphatic carbocycles. The third kappa shape index (κ3) is 2.80. The Bertz CT molecular complexity index is 269. The van der Waals surface area contributed by atoms with Crippen LogP contribution < -0.4 is 4.90 Å². The molecule has 1 heterocycles. The van der Waals surface area contributed by atoms with Crippen LogP contribution in [0, 0.1) is 3.57 Å². The van der Waals surface area contributed by atoms with Crippen molar-refractivity contribution in [3.63, 3.8) is 0 Å². The standard InChI is InChI=1S/C10H16IN3/c1-4-9(5-2)14(3)10-12-6-8(11)7-13-10/h6-7,9H,4-5H2,1-3H3. The van der Waals surface area contributed by atoms with Gasteiger partial charge in [-0.1, -0.05) is 13.8 Å². The van der Waals surface area contributed by atoms with Gasteiger partial charge in [-0.2, -0.15) is 0 Å². The molecule has 0 unspecified atom stereocenters. The van der Waals surface area contributed by atoms with Crippen LogP contribution >= 0.6 is 22.6 Å². The second kappa shape index (κ2) is 5.48. The number of rotatable bonds is 4. The number of hydrogen-bond acceptors (Lipinski definition) is 3. The number of hydrogen-bond donors (Lipinski definition) is 0. The number of halogens is 1. The third-order valence-corrected chi connectivity index (χ3v) is 2.97. The minimum atomic E-state index is 0.537. The molecular formula is C10H16IN3. The van der Waals surface area contributed by atoms with Crippen molar-refractivity contribution in [2.45, 2.75) is 32.7 Å². The molecular weight excluding hydrogens is 289 g/mol. The average Bonchev–Trinajstić information content (AvgIpc) is 2.20. The van der Waals surface area contributed by atoms with E-state index in [4.69, 9.17) is 0 Å². The molecule has 1 rings (SSSR count). The van der Waals surface area contributed by atoms with Crippen molar-refractivity contribution < 1.29 is 0 Å². The van der Waals surface area contributed by atoms with Crippen LogP contribution in [0.15, 0.2) is 12.4 Å². The fourth-order valence-corrected chi connectivity index (χ4v) is 1.77. The van der Waals surface area contributed by atoms with E-state index in [9.17, 15) is 0 Å². The predicted molar refractivity (Wildman–Crippen MR) is 67.5 cm³/mol. The molecule has 14 heavy (non-hydrogen) atoms. The lowest BCUT2D eigenvalue weighted by molar-refractivity contribution is 0.581. The van der Waals surface area contributed by atoms with Crippen molar-refractivity contribution in [1.82, 2.24) is 9.97 Å². The smallest absolute Gasteiger partial charge is 0.225 e. The van der Waals surface area contributed by atoms with Gasteiger partial charge in [0.1, 0.15) is 0 Å². The molecule has 0 bridgehead atoms. The normalized spacial score (nSPS) is 10.6. The van der Waals surface area contributed by atoms with Gasteiger partial charge in [0.25, 0.3) is 0 Å². The summed E-state index contributed by atoms with van der Waals surface area (Å²) < 4.78 is 1.07. The summed E-state index contributed by atoms with van der Waals surface area (Å²) in [6.07, 6.45) is 5.95. The van der Waals surface area contributed by atoms with Crippen molar-refractivity contribution >= 4 is 28.5 Å². The molecule has 0 aromatic carbocycles. The first-order valence-corrected chi connectivity index (χ1v) is 5.97. The quantitative estimate of drug-likeness (QED) is 0.801. The van der Waals surface area contributed by atoms with Crippen molar-refractivity contribution in [2.75, 3.05) is 11.9 Å². The molecule has 3 nitrogen and oxygen atoms in total. The summed E-state index contributed by atoms with van der Waals surface area (Å²) in [5.41, 5.74) is 0. The van der Waals surface area contributed by atoms with Crippen LogP contribution in [0.4, 0.5) is 5.95 Å². The first kappa shape index (κ1) is 11.7. The van der Waals surface area contributed by atoms with Gasteiger partial charge in [0.2, 0.25) is 5.95 Å². The Morgan fingerprint density at radius 2 is 1.79 bits per heavy atom. The summed E-state index contributed by atoms with van der Waals surface area (Å²) in [6.45, 7) is 4.38. The maximum absolute atomic E-state index is 4.30. The summed E-state index contributed by atoms with van der Waals surface area (Å²) in [5.74, 6) is 0.819. The highest BCUT2D eigenvalue weighted by molar-refractivity contribution is 14.1. The molecule has 0 radical (unpaired) electrons. The highest BCUT2D eigenvalue weighted by Gasteiger charge is 2.12. The highest BCUT2D eigenvalue weighted by atomic mass is 127. The molecule has 0 saturated heterocycles. The summed E-state index contributed by atoms with van der Waals surface area (Å²) in [4.78, 5) is 10.8. The molecule has 0 N–H and O–H groups in total. The van der Waals surface area contributed by atoms with Gasteiger partial charge in [-0.3, -0.25) is 0 Å². The summed E-state index contributed by atoms with van der Waals surface area (Å²) in [5, 5.41) is 0. The molecule has 1 aromatic heterocycles. The molecule has 1 aromatic rings. The second-order valence-electron chi connectivity index (χ2n) is 3.28. The Hall–Kier alpha value is -0.390. The lowest BCUT2D eigenvalue weighted by atomic mass is 10.1. The van der Waals surface area contributed by atoms with Gasteiger partial charge < -0.3 is 4.90 Å². The summed E-state index contributed by atoms with van der Waals surface area (Å²) >= 11 is 2.21. The van der Waals surface area contributed by atoms with Gasteiger partial charge in [0.05, 0.1) is 0 Å². The van der Waals surface area contributed by atoms with Gasteiger partial charge >= 0.3 is 0 Å². The van der Waals surface area contributed by atoms with E-state index in [2.05, 4.69) is 58.4 Å². The Balaban J connectivity index is 2.77. The SMILES string of the molecule is CCC(CC)N(C)c1ncc(I)cn1. The lowest BCUT2D eigenvalue weighted by Crippen LogP contribution is -2.31. The number of nitrogens with zero attached hydrogens (tertiary/aromatic N) is 3. The monoisotopic (exact) mass is 305 g/mol. The second-order valence-corrected chi connectivity index (χ2v) is 4.53. The first-order chi connectivity index (χ1) is 6.69. The Morgan fingerprint density at radius 3 is 2.21 bits per heavy atom. The largest absolute Gasteiger partial charge is 0.341 e. The fourth-order valence-electron chi connectivity index (χ4n) is 1.49. The Morgan fingerprint density at radius 1 is 1.29 bits per heavy atom. The van der Waals surface area contributed by atoms with Crippen LogP contribution in [0.2, 0.25) is 0 Å². The van der Waals surface area contributed by atoms with Crippen LogP contribution in [0.1, 0.15) is 26.7 Å². The van der Waals surface area contributed by atoms with Crippen LogP contribution in [-0.4, -0.2) is 23.1 Å². The van der Waals surface area contributed by atoms with E-state index in [-0.39, 0.29) is 0 Å². The molecule has 0 aliphatic heterocycles. The third-order valence-electron chi connectivity index (χ3n) is 2.41. The van der Waals surface area contributed by atoms with E-state index in [1.807, 2.05) is 12.4 Å². The molecule has 78 valence electrons. The van der Waals surface area contributed by atoms with Gasteiger partial charge in [0.15, 0.2) is 0 Å². The van der Waals surface area contributed by atoms with Gasteiger partial charge in [-0.05, 0) is 35.4 Å². The van der Waals surface area contributed by atoms with Crippen molar-refractivity contribution in [1.29, 1.82) is 0 Å². The van der Waals surface area contributed by atoms with Crippen LogP contribution in [0.3, 0.4) is 0 Å². The Labute approximate surface area is 99.1 Å². The zero-order valence-electron chi connectivity index (χ0n) is 8.87. The van der Waals surface area contributed by atoms with Crippen LogP contribution in [-0.2, 0) is 0 Å². The van der Waals surface area contributed by atoms with E-state index < -0.39 is 0 Å². The van der Waals surface area contributed by atoms with E-state index in [1.54, 1.807) is 0 Å². The predicted octanol–water partition coefficient (Wildman–Crippen LogP) is 2.71. The molecule has 0 fully saturated rings. The van der Waals surface area contributed by atoms with E-state index in [0.717, 1.165) is 22.4 Å². The minimum absolute atomic E-state index is 0.537. The minimum Gasteiger partial charge on any atom is -0.341 e. The van der Waals surface area contributed by atoms with E-state index >= 15 is 0 Å². The highest BCUT2D eigenvalue weighted by Crippen LogP contribution is 2.13. The molecule has 0 amide bonds. The van der Waals surface area contributed by atoms with Crippen molar-refractivity contribution in [3.05, 3.63) is 16.0 Å². The fraction of sp³-hybridized carbons (Fsp3) is 0.600. The molecule has 0 atom stereocenters. The maximum atomic E-state index is 4.30. The van der Waals surface area contributed by atoms with Gasteiger partial charge in [-0.15, -0.1) is 0 Å². The number of anilines is 1. The molecule has 0 aliphatic rings. The van der Waals surface area contributed by atoms with E-state index in [1.165, 1.54) is 0 Å². The zero-order chi connectivity index (χ0) is 10.6. The van der Waals surface area contributed by atoms with Crippen LogP contribution in [0.5, 0.6) is 0 Å². The van der Waals surface area contributed by atoms with Crippen molar-refractivity contribution in [3.8, 4) is 0 Å². The van der Waals surface area contributed by atoms with Crippen molar-refractivity contribution in [2.24, 2.45) is 0 Å². The lowest BCUT2D eigenvalue weighted by Gasteiger charge is -2.25. The Kier molecular flexibility index (Phi) is 4.57. The molecule has 0 spiro atoms. The topological polar surface area (TPSA) is 29.0 Å². The van der Waals surface area contributed by atoms with Gasteiger partial charge in [0, 0.05) is 29.1 Å². The summed E-state index contributed by atoms with van der Waals surface area (Å²) in [7, 11) is 2.06. The molecule has 0 saturated carbocycles. The van der Waals surface area contributed by atoms with E-state index in [0.29, 0.717) is 6.04 Å². The maximum Gasteiger partial charge on any atom is 0.225 e. The first-order valence-electron chi connectivity index (χ1n) is 4.89. The van der Waals surface area contributed by atoms with Crippen LogP contribution in [0.25, 0.3) is 0 Å².